The fourth-order valence-corrected chi connectivity index (χ4v) is 2.33. The fourth-order valence-electron chi connectivity index (χ4n) is 2.33. The van der Waals surface area contributed by atoms with Crippen LogP contribution >= 0.6 is 0 Å². The molecule has 1 aromatic carbocycles. The summed E-state index contributed by atoms with van der Waals surface area (Å²) in [7, 11) is 1.98. The summed E-state index contributed by atoms with van der Waals surface area (Å²) in [6.07, 6.45) is 4.16. The SMILES string of the molecule is CNC1CCN(c2ccccc2/C=C/C(=O)NO)C1. The van der Waals surface area contributed by atoms with E-state index in [-0.39, 0.29) is 0 Å². The van der Waals surface area contributed by atoms with Crippen LogP contribution in [0.15, 0.2) is 30.3 Å². The number of nitrogens with zero attached hydrogens (tertiary/aromatic N) is 1. The summed E-state index contributed by atoms with van der Waals surface area (Å²) in [5.41, 5.74) is 3.68. The van der Waals surface area contributed by atoms with Crippen LogP contribution in [0, 0.1) is 0 Å². The highest BCUT2D eigenvalue weighted by Crippen LogP contribution is 2.25. The van der Waals surface area contributed by atoms with E-state index < -0.39 is 5.91 Å². The Morgan fingerprint density at radius 3 is 2.95 bits per heavy atom. The van der Waals surface area contributed by atoms with E-state index in [0.29, 0.717) is 6.04 Å². The summed E-state index contributed by atoms with van der Waals surface area (Å²) < 4.78 is 0. The Hall–Kier alpha value is -1.85. The average Bonchev–Trinajstić information content (AvgIpc) is 2.93. The Bertz CT molecular complexity index is 474. The van der Waals surface area contributed by atoms with Crippen LogP contribution in [0.1, 0.15) is 12.0 Å². The summed E-state index contributed by atoms with van der Waals surface area (Å²) in [6, 6.07) is 8.45. The summed E-state index contributed by atoms with van der Waals surface area (Å²) in [6.45, 7) is 1.97. The fraction of sp³-hybridized carbons (Fsp3) is 0.357. The zero-order valence-electron chi connectivity index (χ0n) is 11.0. The number of nitrogens with one attached hydrogen (secondary N) is 2. The van der Waals surface area contributed by atoms with E-state index in [2.05, 4.69) is 16.3 Å². The van der Waals surface area contributed by atoms with Gasteiger partial charge < -0.3 is 10.2 Å². The van der Waals surface area contributed by atoms with Crippen molar-refractivity contribution >= 4 is 17.7 Å². The molecule has 1 aliphatic rings. The Morgan fingerprint density at radius 1 is 1.47 bits per heavy atom. The third kappa shape index (κ3) is 3.33. The van der Waals surface area contributed by atoms with E-state index in [1.165, 1.54) is 6.08 Å². The monoisotopic (exact) mass is 261 g/mol. The Labute approximate surface area is 112 Å². The summed E-state index contributed by atoms with van der Waals surface area (Å²) in [5.74, 6) is -0.524. The van der Waals surface area contributed by atoms with E-state index >= 15 is 0 Å². The molecule has 1 saturated heterocycles. The van der Waals surface area contributed by atoms with Gasteiger partial charge in [-0.2, -0.15) is 0 Å². The predicted molar refractivity (Wildman–Crippen MR) is 75.1 cm³/mol. The molecule has 0 aliphatic carbocycles. The first-order valence-electron chi connectivity index (χ1n) is 6.38. The third-order valence-corrected chi connectivity index (χ3v) is 3.40. The van der Waals surface area contributed by atoms with E-state index in [9.17, 15) is 4.79 Å². The van der Waals surface area contributed by atoms with E-state index in [4.69, 9.17) is 5.21 Å². The molecule has 1 heterocycles. The second kappa shape index (κ2) is 6.36. The average molecular weight is 261 g/mol. The van der Waals surface area contributed by atoms with Gasteiger partial charge in [0.25, 0.3) is 5.91 Å². The maximum absolute atomic E-state index is 11.0. The van der Waals surface area contributed by atoms with Crippen molar-refractivity contribution in [1.82, 2.24) is 10.8 Å². The van der Waals surface area contributed by atoms with Crippen LogP contribution in [0.2, 0.25) is 0 Å². The molecule has 0 saturated carbocycles. The molecule has 1 fully saturated rings. The van der Waals surface area contributed by atoms with Gasteiger partial charge in [-0.3, -0.25) is 10.0 Å². The molecule has 1 aromatic rings. The van der Waals surface area contributed by atoms with Crippen molar-refractivity contribution in [2.45, 2.75) is 12.5 Å². The molecule has 5 nitrogen and oxygen atoms in total. The number of hydroxylamine groups is 1. The van der Waals surface area contributed by atoms with Gasteiger partial charge in [0.05, 0.1) is 0 Å². The van der Waals surface area contributed by atoms with Crippen LogP contribution in [-0.4, -0.2) is 37.3 Å². The molecule has 2 rings (SSSR count). The van der Waals surface area contributed by atoms with Gasteiger partial charge in [0.1, 0.15) is 0 Å². The molecule has 1 unspecified atom stereocenters. The molecule has 1 atom stereocenters. The summed E-state index contributed by atoms with van der Waals surface area (Å²) in [4.78, 5) is 13.3. The lowest BCUT2D eigenvalue weighted by molar-refractivity contribution is -0.124. The van der Waals surface area contributed by atoms with E-state index in [1.54, 1.807) is 11.6 Å². The zero-order chi connectivity index (χ0) is 13.7. The number of anilines is 1. The molecule has 102 valence electrons. The Morgan fingerprint density at radius 2 is 2.26 bits per heavy atom. The highest BCUT2D eigenvalue weighted by molar-refractivity contribution is 5.91. The lowest BCUT2D eigenvalue weighted by Gasteiger charge is -2.21. The first-order chi connectivity index (χ1) is 9.24. The smallest absolute Gasteiger partial charge is 0.267 e. The van der Waals surface area contributed by atoms with Crippen molar-refractivity contribution in [2.24, 2.45) is 0 Å². The first-order valence-corrected chi connectivity index (χ1v) is 6.38. The highest BCUT2D eigenvalue weighted by Gasteiger charge is 2.22. The number of rotatable bonds is 4. The van der Waals surface area contributed by atoms with Crippen molar-refractivity contribution in [3.63, 3.8) is 0 Å². The molecule has 1 amide bonds. The van der Waals surface area contributed by atoms with Crippen LogP contribution in [0.4, 0.5) is 5.69 Å². The van der Waals surface area contributed by atoms with Crippen molar-refractivity contribution in [2.75, 3.05) is 25.0 Å². The maximum atomic E-state index is 11.0. The first kappa shape index (κ1) is 13.6. The second-order valence-electron chi connectivity index (χ2n) is 4.59. The minimum Gasteiger partial charge on any atom is -0.369 e. The van der Waals surface area contributed by atoms with Gasteiger partial charge >= 0.3 is 0 Å². The molecule has 3 N–H and O–H groups in total. The van der Waals surface area contributed by atoms with Gasteiger partial charge in [-0.1, -0.05) is 18.2 Å². The number of benzene rings is 1. The highest BCUT2D eigenvalue weighted by atomic mass is 16.5. The van der Waals surface area contributed by atoms with Crippen LogP contribution in [0.25, 0.3) is 6.08 Å². The topological polar surface area (TPSA) is 64.6 Å². The number of para-hydroxylation sites is 1. The molecule has 0 aromatic heterocycles. The van der Waals surface area contributed by atoms with Crippen molar-refractivity contribution in [3.05, 3.63) is 35.9 Å². The minimum atomic E-state index is -0.524. The number of likely N-dealkylation sites (N-methyl/N-ethyl adjacent to an activating group) is 1. The standard InChI is InChI=1S/C14H19N3O2/c1-15-12-8-9-17(10-12)13-5-3-2-4-11(13)6-7-14(18)16-19/h2-7,12,15,19H,8-10H2,1H3,(H,16,18)/b7-6+. The van der Waals surface area contributed by atoms with E-state index in [0.717, 1.165) is 30.8 Å². The van der Waals surface area contributed by atoms with Gasteiger partial charge in [-0.15, -0.1) is 0 Å². The van der Waals surface area contributed by atoms with Crippen molar-refractivity contribution < 1.29 is 10.0 Å². The number of hydrogen-bond acceptors (Lipinski definition) is 4. The maximum Gasteiger partial charge on any atom is 0.267 e. The summed E-state index contributed by atoms with van der Waals surface area (Å²) in [5, 5.41) is 11.8. The Balaban J connectivity index is 2.17. The van der Waals surface area contributed by atoms with Gasteiger partial charge in [0, 0.05) is 30.9 Å². The van der Waals surface area contributed by atoms with Crippen LogP contribution < -0.4 is 15.7 Å². The lowest BCUT2D eigenvalue weighted by Crippen LogP contribution is -2.29. The molecule has 19 heavy (non-hydrogen) atoms. The molecule has 0 spiro atoms. The third-order valence-electron chi connectivity index (χ3n) is 3.40. The lowest BCUT2D eigenvalue weighted by atomic mass is 10.1. The van der Waals surface area contributed by atoms with Crippen LogP contribution in [0.3, 0.4) is 0 Å². The molecule has 5 heteroatoms. The van der Waals surface area contributed by atoms with E-state index in [1.807, 2.05) is 25.2 Å². The van der Waals surface area contributed by atoms with Crippen molar-refractivity contribution in [1.29, 1.82) is 0 Å². The minimum absolute atomic E-state index is 0.512. The zero-order valence-corrected chi connectivity index (χ0v) is 11.0. The number of hydrogen-bond donors (Lipinski definition) is 3. The molecule has 0 radical (unpaired) electrons. The number of carbonyl (C=O) groups is 1. The number of carbonyl (C=O) groups excluding carboxylic acids is 1. The van der Waals surface area contributed by atoms with Crippen LogP contribution in [-0.2, 0) is 4.79 Å². The number of amides is 1. The molecule has 0 bridgehead atoms. The van der Waals surface area contributed by atoms with Gasteiger partial charge in [0.15, 0.2) is 0 Å². The molecular formula is C14H19N3O2. The van der Waals surface area contributed by atoms with Gasteiger partial charge in [0.2, 0.25) is 0 Å². The second-order valence-corrected chi connectivity index (χ2v) is 4.59. The van der Waals surface area contributed by atoms with Crippen molar-refractivity contribution in [3.8, 4) is 0 Å². The predicted octanol–water partition coefficient (Wildman–Crippen LogP) is 1.00. The largest absolute Gasteiger partial charge is 0.369 e. The quantitative estimate of drug-likeness (QED) is 0.430. The molecular weight excluding hydrogens is 242 g/mol. The van der Waals surface area contributed by atoms with Gasteiger partial charge in [-0.05, 0) is 31.2 Å². The summed E-state index contributed by atoms with van der Waals surface area (Å²) >= 11 is 0. The van der Waals surface area contributed by atoms with Gasteiger partial charge in [-0.25, -0.2) is 5.48 Å². The molecule has 1 aliphatic heterocycles. The normalized spacial score (nSPS) is 19.1. The Kier molecular flexibility index (Phi) is 4.54. The van der Waals surface area contributed by atoms with Crippen LogP contribution in [0.5, 0.6) is 0 Å².